The zero-order valence-corrected chi connectivity index (χ0v) is 9.79. The van der Waals surface area contributed by atoms with E-state index in [2.05, 4.69) is 5.32 Å². The van der Waals surface area contributed by atoms with Crippen molar-refractivity contribution in [3.05, 3.63) is 35.6 Å². The van der Waals surface area contributed by atoms with Crippen LogP contribution in [0, 0.1) is 11.2 Å². The molecule has 1 fully saturated rings. The van der Waals surface area contributed by atoms with Crippen LogP contribution < -0.4 is 5.32 Å². The van der Waals surface area contributed by atoms with Crippen molar-refractivity contribution in [1.82, 2.24) is 5.32 Å². The number of rotatable bonds is 6. The van der Waals surface area contributed by atoms with E-state index in [4.69, 9.17) is 4.74 Å². The van der Waals surface area contributed by atoms with E-state index in [0.29, 0.717) is 13.2 Å². The van der Waals surface area contributed by atoms with E-state index in [1.54, 1.807) is 12.1 Å². The van der Waals surface area contributed by atoms with Crippen LogP contribution in [0.15, 0.2) is 24.3 Å². The Hall–Kier alpha value is -0.970. The molecule has 1 heterocycles. The third-order valence-corrected chi connectivity index (χ3v) is 3.16. The van der Waals surface area contributed by atoms with Crippen molar-refractivity contribution in [2.24, 2.45) is 5.41 Å². The maximum atomic E-state index is 12.7. The average Bonchev–Trinajstić information content (AvgIpc) is 2.30. The van der Waals surface area contributed by atoms with Gasteiger partial charge in [0, 0.05) is 6.54 Å². The summed E-state index contributed by atoms with van der Waals surface area (Å²) in [5.74, 6) is -0.201. The molecule has 1 aliphatic rings. The smallest absolute Gasteiger partial charge is 0.123 e. The van der Waals surface area contributed by atoms with Crippen molar-refractivity contribution in [3.63, 3.8) is 0 Å². The second-order valence-electron chi connectivity index (χ2n) is 4.70. The molecule has 0 atom stereocenters. The van der Waals surface area contributed by atoms with Gasteiger partial charge in [-0.3, -0.25) is 0 Å². The molecule has 4 heteroatoms. The van der Waals surface area contributed by atoms with Gasteiger partial charge in [0.15, 0.2) is 0 Å². The summed E-state index contributed by atoms with van der Waals surface area (Å²) in [6.07, 6.45) is 0.864. The third-order valence-electron chi connectivity index (χ3n) is 3.16. The fraction of sp³-hybridized carbons (Fsp3) is 0.538. The maximum absolute atomic E-state index is 12.7. The highest BCUT2D eigenvalue weighted by atomic mass is 19.1. The topological polar surface area (TPSA) is 41.5 Å². The molecule has 0 saturated carbocycles. The molecule has 0 aliphatic carbocycles. The number of nitrogens with one attached hydrogen (secondary N) is 1. The molecule has 0 unspecified atom stereocenters. The number of aliphatic hydroxyl groups is 1. The van der Waals surface area contributed by atoms with Crippen molar-refractivity contribution in [2.75, 3.05) is 32.9 Å². The molecule has 0 bridgehead atoms. The fourth-order valence-corrected chi connectivity index (χ4v) is 1.88. The van der Waals surface area contributed by atoms with E-state index in [0.717, 1.165) is 25.1 Å². The predicted octanol–water partition coefficient (Wildman–Crippen LogP) is 0.967. The summed E-state index contributed by atoms with van der Waals surface area (Å²) >= 11 is 0. The van der Waals surface area contributed by atoms with Crippen LogP contribution in [-0.4, -0.2) is 38.0 Å². The largest absolute Gasteiger partial charge is 0.396 e. The lowest BCUT2D eigenvalue weighted by molar-refractivity contribution is -0.134. The number of aliphatic hydroxyl groups excluding tert-OH is 1. The second-order valence-corrected chi connectivity index (χ2v) is 4.70. The molecule has 17 heavy (non-hydrogen) atoms. The summed E-state index contributed by atoms with van der Waals surface area (Å²) in [6, 6.07) is 6.55. The molecule has 1 aromatic rings. The Morgan fingerprint density at radius 2 is 2.00 bits per heavy atom. The highest BCUT2D eigenvalue weighted by Gasteiger charge is 2.37. The van der Waals surface area contributed by atoms with Crippen molar-refractivity contribution in [3.8, 4) is 0 Å². The fourth-order valence-electron chi connectivity index (χ4n) is 1.88. The van der Waals surface area contributed by atoms with E-state index >= 15 is 0 Å². The van der Waals surface area contributed by atoms with Crippen LogP contribution in [0.5, 0.6) is 0 Å². The summed E-state index contributed by atoms with van der Waals surface area (Å²) in [5, 5.41) is 12.5. The lowest BCUT2D eigenvalue weighted by atomic mass is 9.87. The van der Waals surface area contributed by atoms with Gasteiger partial charge in [0.2, 0.25) is 0 Å². The molecule has 1 aliphatic heterocycles. The number of halogens is 1. The zero-order valence-electron chi connectivity index (χ0n) is 9.79. The maximum Gasteiger partial charge on any atom is 0.123 e. The molecular weight excluding hydrogens is 221 g/mol. The normalized spacial score (nSPS) is 17.8. The van der Waals surface area contributed by atoms with Crippen LogP contribution in [0.3, 0.4) is 0 Å². The standard InChI is InChI=1S/C13H18FNO2/c14-12-3-1-11(2-4-12)5-6-15-7-13(8-16)9-17-10-13/h1-4,15-16H,5-10H2. The molecule has 94 valence electrons. The Morgan fingerprint density at radius 1 is 1.29 bits per heavy atom. The van der Waals surface area contributed by atoms with Gasteiger partial charge in [-0.2, -0.15) is 0 Å². The number of hydrogen-bond donors (Lipinski definition) is 2. The van der Waals surface area contributed by atoms with Crippen LogP contribution in [0.2, 0.25) is 0 Å². The molecule has 0 amide bonds. The Kier molecular flexibility index (Phi) is 4.10. The summed E-state index contributed by atoms with van der Waals surface area (Å²) in [7, 11) is 0. The number of ether oxygens (including phenoxy) is 1. The number of hydrogen-bond acceptors (Lipinski definition) is 3. The minimum Gasteiger partial charge on any atom is -0.396 e. The lowest BCUT2D eigenvalue weighted by Crippen LogP contribution is -2.52. The molecule has 2 rings (SSSR count). The van der Waals surface area contributed by atoms with Gasteiger partial charge < -0.3 is 15.2 Å². The van der Waals surface area contributed by atoms with Crippen LogP contribution >= 0.6 is 0 Å². The van der Waals surface area contributed by atoms with E-state index < -0.39 is 0 Å². The predicted molar refractivity (Wildman–Crippen MR) is 63.3 cm³/mol. The summed E-state index contributed by atoms with van der Waals surface area (Å²) in [6.45, 7) is 3.02. The molecule has 3 nitrogen and oxygen atoms in total. The van der Waals surface area contributed by atoms with Crippen molar-refractivity contribution >= 4 is 0 Å². The Balaban J connectivity index is 1.67. The van der Waals surface area contributed by atoms with Gasteiger partial charge in [0.05, 0.1) is 25.2 Å². The quantitative estimate of drug-likeness (QED) is 0.727. The van der Waals surface area contributed by atoms with Crippen LogP contribution in [0.1, 0.15) is 5.56 Å². The van der Waals surface area contributed by atoms with Gasteiger partial charge in [-0.1, -0.05) is 12.1 Å². The SMILES string of the molecule is OCC1(CNCCc2ccc(F)cc2)COC1. The molecule has 0 radical (unpaired) electrons. The first-order valence-electron chi connectivity index (χ1n) is 5.88. The molecular formula is C13H18FNO2. The highest BCUT2D eigenvalue weighted by Crippen LogP contribution is 2.25. The summed E-state index contributed by atoms with van der Waals surface area (Å²) < 4.78 is 17.8. The number of benzene rings is 1. The van der Waals surface area contributed by atoms with Crippen molar-refractivity contribution in [1.29, 1.82) is 0 Å². The van der Waals surface area contributed by atoms with Crippen LogP contribution in [0.25, 0.3) is 0 Å². The van der Waals surface area contributed by atoms with E-state index in [1.807, 2.05) is 0 Å². The molecule has 2 N–H and O–H groups in total. The van der Waals surface area contributed by atoms with Gasteiger partial charge in [-0.15, -0.1) is 0 Å². The Bertz CT molecular complexity index is 343. The zero-order chi connectivity index (χ0) is 12.1. The summed E-state index contributed by atoms with van der Waals surface area (Å²) in [4.78, 5) is 0. The Labute approximate surface area is 101 Å². The Morgan fingerprint density at radius 3 is 2.53 bits per heavy atom. The van der Waals surface area contributed by atoms with E-state index in [9.17, 15) is 9.50 Å². The van der Waals surface area contributed by atoms with Crippen LogP contribution in [0.4, 0.5) is 4.39 Å². The molecule has 0 spiro atoms. The van der Waals surface area contributed by atoms with Gasteiger partial charge in [-0.25, -0.2) is 4.39 Å². The van der Waals surface area contributed by atoms with E-state index in [1.165, 1.54) is 12.1 Å². The third kappa shape index (κ3) is 3.25. The van der Waals surface area contributed by atoms with Gasteiger partial charge in [-0.05, 0) is 30.7 Å². The monoisotopic (exact) mass is 239 g/mol. The first-order chi connectivity index (χ1) is 8.24. The minimum atomic E-state index is -0.201. The molecule has 1 saturated heterocycles. The van der Waals surface area contributed by atoms with Crippen molar-refractivity contribution in [2.45, 2.75) is 6.42 Å². The van der Waals surface area contributed by atoms with Crippen molar-refractivity contribution < 1.29 is 14.2 Å². The summed E-state index contributed by atoms with van der Waals surface area (Å²) in [5.41, 5.74) is 1.03. The highest BCUT2D eigenvalue weighted by molar-refractivity contribution is 5.16. The minimum absolute atomic E-state index is 0.0806. The first kappa shape index (κ1) is 12.5. The van der Waals surface area contributed by atoms with Gasteiger partial charge >= 0.3 is 0 Å². The van der Waals surface area contributed by atoms with Crippen LogP contribution in [-0.2, 0) is 11.2 Å². The molecule has 0 aromatic heterocycles. The first-order valence-corrected chi connectivity index (χ1v) is 5.88. The molecule has 1 aromatic carbocycles. The average molecular weight is 239 g/mol. The van der Waals surface area contributed by atoms with E-state index in [-0.39, 0.29) is 17.8 Å². The lowest BCUT2D eigenvalue weighted by Gasteiger charge is -2.40. The van der Waals surface area contributed by atoms with Gasteiger partial charge in [0.25, 0.3) is 0 Å². The second kappa shape index (κ2) is 5.58. The van der Waals surface area contributed by atoms with Gasteiger partial charge in [0.1, 0.15) is 5.82 Å².